The number of amidine groups is 1. The first-order valence-electron chi connectivity index (χ1n) is 4.70. The van der Waals surface area contributed by atoms with Crippen molar-refractivity contribution in [3.63, 3.8) is 0 Å². The molecule has 0 heterocycles. The molecule has 0 aliphatic heterocycles. The van der Waals surface area contributed by atoms with Gasteiger partial charge in [0.05, 0.1) is 18.0 Å². The molecule has 3 heteroatoms. The maximum atomic E-state index is 5.61. The second-order valence-corrected chi connectivity index (χ2v) is 3.18. The summed E-state index contributed by atoms with van der Waals surface area (Å²) in [5, 5.41) is 0. The highest BCUT2D eigenvalue weighted by Crippen LogP contribution is 2.26. The Hall–Kier alpha value is -0.570. The van der Waals surface area contributed by atoms with Gasteiger partial charge >= 0.3 is 0 Å². The van der Waals surface area contributed by atoms with Gasteiger partial charge in [-0.25, -0.2) is 0 Å². The smallest absolute Gasteiger partial charge is 0.0937 e. The zero-order valence-electron chi connectivity index (χ0n) is 7.92. The van der Waals surface area contributed by atoms with Gasteiger partial charge in [0.1, 0.15) is 0 Å². The SMILES string of the molecule is CCOC1CC(N=C(N)CC)C1. The lowest BCUT2D eigenvalue weighted by Crippen LogP contribution is -2.35. The summed E-state index contributed by atoms with van der Waals surface area (Å²) in [6.07, 6.45) is 3.40. The van der Waals surface area contributed by atoms with Crippen molar-refractivity contribution >= 4 is 5.84 Å². The average molecular weight is 170 g/mol. The largest absolute Gasteiger partial charge is 0.387 e. The Kier molecular flexibility index (Phi) is 3.53. The quantitative estimate of drug-likeness (QED) is 0.511. The fourth-order valence-electron chi connectivity index (χ4n) is 1.34. The first kappa shape index (κ1) is 9.52. The van der Waals surface area contributed by atoms with Crippen LogP contribution in [0.25, 0.3) is 0 Å². The summed E-state index contributed by atoms with van der Waals surface area (Å²) in [5.41, 5.74) is 5.61. The molecular weight excluding hydrogens is 152 g/mol. The molecule has 2 N–H and O–H groups in total. The lowest BCUT2D eigenvalue weighted by atomic mass is 9.90. The first-order valence-corrected chi connectivity index (χ1v) is 4.70. The normalized spacial score (nSPS) is 30.0. The summed E-state index contributed by atoms with van der Waals surface area (Å²) in [5.74, 6) is 0.773. The molecule has 0 aromatic carbocycles. The molecular formula is C9H18N2O. The monoisotopic (exact) mass is 170 g/mol. The van der Waals surface area contributed by atoms with Gasteiger partial charge in [-0.1, -0.05) is 6.92 Å². The van der Waals surface area contributed by atoms with Crippen LogP contribution in [0.2, 0.25) is 0 Å². The number of nitrogens with two attached hydrogens (primary N) is 1. The molecule has 0 spiro atoms. The molecule has 0 amide bonds. The van der Waals surface area contributed by atoms with Crippen molar-refractivity contribution in [1.29, 1.82) is 0 Å². The molecule has 0 aromatic rings. The van der Waals surface area contributed by atoms with Crippen LogP contribution in [-0.4, -0.2) is 24.6 Å². The van der Waals surface area contributed by atoms with Gasteiger partial charge in [0.25, 0.3) is 0 Å². The fourth-order valence-corrected chi connectivity index (χ4v) is 1.34. The van der Waals surface area contributed by atoms with E-state index in [9.17, 15) is 0 Å². The van der Waals surface area contributed by atoms with Gasteiger partial charge in [-0.15, -0.1) is 0 Å². The van der Waals surface area contributed by atoms with Crippen LogP contribution in [0.1, 0.15) is 33.1 Å². The minimum absolute atomic E-state index is 0.432. The molecule has 0 aromatic heterocycles. The van der Waals surface area contributed by atoms with Crippen LogP contribution in [0.3, 0.4) is 0 Å². The molecule has 0 atom stereocenters. The highest BCUT2D eigenvalue weighted by molar-refractivity contribution is 5.80. The highest BCUT2D eigenvalue weighted by atomic mass is 16.5. The summed E-state index contributed by atoms with van der Waals surface area (Å²) in [6, 6.07) is 0.432. The van der Waals surface area contributed by atoms with Crippen molar-refractivity contribution in [3.8, 4) is 0 Å². The van der Waals surface area contributed by atoms with Crippen molar-refractivity contribution in [2.75, 3.05) is 6.61 Å². The zero-order chi connectivity index (χ0) is 8.97. The standard InChI is InChI=1S/C9H18N2O/c1-3-9(10)11-7-5-8(6-7)12-4-2/h7-8H,3-6H2,1-2H3,(H2,10,11). The molecule has 1 aliphatic rings. The van der Waals surface area contributed by atoms with Crippen LogP contribution < -0.4 is 5.73 Å². The zero-order valence-corrected chi connectivity index (χ0v) is 7.92. The van der Waals surface area contributed by atoms with Crippen molar-refractivity contribution < 1.29 is 4.74 Å². The summed E-state index contributed by atoms with van der Waals surface area (Å²) >= 11 is 0. The molecule has 1 saturated carbocycles. The molecule has 1 rings (SSSR count). The first-order chi connectivity index (χ1) is 5.76. The number of ether oxygens (including phenoxy) is 1. The van der Waals surface area contributed by atoms with Gasteiger partial charge in [0.15, 0.2) is 0 Å². The molecule has 1 aliphatic carbocycles. The van der Waals surface area contributed by atoms with E-state index >= 15 is 0 Å². The van der Waals surface area contributed by atoms with Gasteiger partial charge in [0, 0.05) is 13.0 Å². The molecule has 0 radical (unpaired) electrons. The predicted molar refractivity (Wildman–Crippen MR) is 50.3 cm³/mol. The number of rotatable bonds is 4. The van der Waals surface area contributed by atoms with E-state index < -0.39 is 0 Å². The van der Waals surface area contributed by atoms with Crippen LogP contribution in [0.4, 0.5) is 0 Å². The molecule has 3 nitrogen and oxygen atoms in total. The fraction of sp³-hybridized carbons (Fsp3) is 0.889. The molecule has 0 bridgehead atoms. The number of hydrogen-bond donors (Lipinski definition) is 1. The van der Waals surface area contributed by atoms with Crippen molar-refractivity contribution in [2.24, 2.45) is 10.7 Å². The van der Waals surface area contributed by atoms with E-state index in [0.29, 0.717) is 12.1 Å². The van der Waals surface area contributed by atoms with E-state index in [1.807, 2.05) is 13.8 Å². The van der Waals surface area contributed by atoms with E-state index in [1.54, 1.807) is 0 Å². The van der Waals surface area contributed by atoms with E-state index in [1.165, 1.54) is 0 Å². The Morgan fingerprint density at radius 1 is 1.50 bits per heavy atom. The van der Waals surface area contributed by atoms with Crippen molar-refractivity contribution in [2.45, 2.75) is 45.3 Å². The van der Waals surface area contributed by atoms with Gasteiger partial charge in [-0.3, -0.25) is 4.99 Å². The van der Waals surface area contributed by atoms with Crippen molar-refractivity contribution in [1.82, 2.24) is 0 Å². The Morgan fingerprint density at radius 2 is 2.17 bits per heavy atom. The lowest BCUT2D eigenvalue weighted by Gasteiger charge is -2.32. The van der Waals surface area contributed by atoms with Crippen LogP contribution in [-0.2, 0) is 4.74 Å². The van der Waals surface area contributed by atoms with Gasteiger partial charge < -0.3 is 10.5 Å². The Labute approximate surface area is 74.0 Å². The summed E-state index contributed by atoms with van der Waals surface area (Å²) < 4.78 is 5.41. The minimum Gasteiger partial charge on any atom is -0.387 e. The van der Waals surface area contributed by atoms with Crippen LogP contribution in [0.5, 0.6) is 0 Å². The summed E-state index contributed by atoms with van der Waals surface area (Å²) in [6.45, 7) is 4.86. The van der Waals surface area contributed by atoms with E-state index in [-0.39, 0.29) is 0 Å². The van der Waals surface area contributed by atoms with Gasteiger partial charge in [0.2, 0.25) is 0 Å². The second-order valence-electron chi connectivity index (χ2n) is 3.18. The molecule has 70 valence electrons. The second kappa shape index (κ2) is 4.45. The topological polar surface area (TPSA) is 47.6 Å². The van der Waals surface area contributed by atoms with E-state index in [2.05, 4.69) is 4.99 Å². The Morgan fingerprint density at radius 3 is 2.67 bits per heavy atom. The van der Waals surface area contributed by atoms with Crippen LogP contribution in [0, 0.1) is 0 Å². The maximum Gasteiger partial charge on any atom is 0.0937 e. The van der Waals surface area contributed by atoms with Crippen LogP contribution >= 0.6 is 0 Å². The third kappa shape index (κ3) is 2.48. The van der Waals surface area contributed by atoms with E-state index in [0.717, 1.165) is 31.7 Å². The molecule has 1 fully saturated rings. The predicted octanol–water partition coefficient (Wildman–Crippen LogP) is 1.32. The highest BCUT2D eigenvalue weighted by Gasteiger charge is 2.28. The molecule has 12 heavy (non-hydrogen) atoms. The molecule has 0 unspecified atom stereocenters. The van der Waals surface area contributed by atoms with Gasteiger partial charge in [-0.05, 0) is 19.8 Å². The summed E-state index contributed by atoms with van der Waals surface area (Å²) in [7, 11) is 0. The summed E-state index contributed by atoms with van der Waals surface area (Å²) in [4.78, 5) is 4.35. The Bertz CT molecular complexity index is 162. The Balaban J connectivity index is 2.17. The minimum atomic E-state index is 0.432. The van der Waals surface area contributed by atoms with Gasteiger partial charge in [-0.2, -0.15) is 0 Å². The number of nitrogens with zero attached hydrogens (tertiary/aromatic N) is 1. The van der Waals surface area contributed by atoms with Crippen LogP contribution in [0.15, 0.2) is 4.99 Å². The third-order valence-corrected chi connectivity index (χ3v) is 2.18. The average Bonchev–Trinajstić information content (AvgIpc) is 2.00. The number of hydrogen-bond acceptors (Lipinski definition) is 2. The maximum absolute atomic E-state index is 5.61. The third-order valence-electron chi connectivity index (χ3n) is 2.18. The lowest BCUT2D eigenvalue weighted by molar-refractivity contribution is -0.000736. The molecule has 0 saturated heterocycles. The number of aliphatic imine (C=N–C) groups is 1. The van der Waals surface area contributed by atoms with Crippen molar-refractivity contribution in [3.05, 3.63) is 0 Å². The van der Waals surface area contributed by atoms with E-state index in [4.69, 9.17) is 10.5 Å².